The lowest BCUT2D eigenvalue weighted by Gasteiger charge is -2.31. The van der Waals surface area contributed by atoms with Crippen molar-refractivity contribution >= 4 is 5.91 Å². The molecule has 3 heteroatoms. The third kappa shape index (κ3) is 2.84. The molecule has 0 bridgehead atoms. The van der Waals surface area contributed by atoms with Crippen LogP contribution in [0.5, 0.6) is 0 Å². The number of hydrogen-bond donors (Lipinski definition) is 0. The van der Waals surface area contributed by atoms with Gasteiger partial charge in [-0.2, -0.15) is 0 Å². The van der Waals surface area contributed by atoms with Crippen molar-refractivity contribution < 1.29 is 9.53 Å². The lowest BCUT2D eigenvalue weighted by atomic mass is 10.2. The summed E-state index contributed by atoms with van der Waals surface area (Å²) < 4.78 is 5.38. The first-order chi connectivity index (χ1) is 6.65. The van der Waals surface area contributed by atoms with Gasteiger partial charge >= 0.3 is 0 Å². The lowest BCUT2D eigenvalue weighted by Crippen LogP contribution is -2.44. The minimum Gasteiger partial charge on any atom is -0.375 e. The summed E-state index contributed by atoms with van der Waals surface area (Å²) in [6, 6.07) is 0. The Bertz CT molecular complexity index is 235. The van der Waals surface area contributed by atoms with Crippen molar-refractivity contribution in [2.75, 3.05) is 19.7 Å². The van der Waals surface area contributed by atoms with Gasteiger partial charge < -0.3 is 9.64 Å². The first-order valence-electron chi connectivity index (χ1n) is 5.22. The van der Waals surface area contributed by atoms with Crippen LogP contribution in [0.3, 0.4) is 0 Å². The Hall–Kier alpha value is -0.830. The van der Waals surface area contributed by atoms with E-state index in [2.05, 4.69) is 0 Å². The molecule has 1 fully saturated rings. The molecule has 0 aromatic heterocycles. The van der Waals surface area contributed by atoms with E-state index in [0.29, 0.717) is 13.2 Å². The summed E-state index contributed by atoms with van der Waals surface area (Å²) in [5, 5.41) is 0. The number of morpholine rings is 1. The van der Waals surface area contributed by atoms with E-state index in [1.54, 1.807) is 0 Å². The molecule has 0 aliphatic carbocycles. The molecular formula is C11H19NO2. The molecule has 1 unspecified atom stereocenters. The van der Waals surface area contributed by atoms with Crippen LogP contribution in [0.1, 0.15) is 27.2 Å². The molecule has 1 atom stereocenters. The maximum atomic E-state index is 11.8. The molecule has 0 radical (unpaired) electrons. The van der Waals surface area contributed by atoms with Crippen LogP contribution < -0.4 is 0 Å². The van der Waals surface area contributed by atoms with Crippen LogP contribution in [0.4, 0.5) is 0 Å². The standard InChI is InChI=1S/C11H19NO2/c1-4-5-9(2)11(13)12-6-7-14-10(3)8-12/h5,10H,4,6-8H2,1-3H3/b9-5+. The van der Waals surface area contributed by atoms with Gasteiger partial charge in [0.1, 0.15) is 0 Å². The predicted octanol–water partition coefficient (Wildman–Crippen LogP) is 1.59. The summed E-state index contributed by atoms with van der Waals surface area (Å²) >= 11 is 0. The van der Waals surface area contributed by atoms with Crippen LogP contribution in [-0.2, 0) is 9.53 Å². The number of ether oxygens (including phenoxy) is 1. The first kappa shape index (κ1) is 11.2. The van der Waals surface area contributed by atoms with E-state index in [-0.39, 0.29) is 12.0 Å². The van der Waals surface area contributed by atoms with Gasteiger partial charge in [-0.15, -0.1) is 0 Å². The number of nitrogens with zero attached hydrogens (tertiary/aromatic N) is 1. The Labute approximate surface area is 85.7 Å². The van der Waals surface area contributed by atoms with Gasteiger partial charge in [-0.25, -0.2) is 0 Å². The molecule has 0 saturated carbocycles. The van der Waals surface area contributed by atoms with Gasteiger partial charge in [-0.3, -0.25) is 4.79 Å². The molecule has 1 amide bonds. The number of rotatable bonds is 2. The number of carbonyl (C=O) groups is 1. The van der Waals surface area contributed by atoms with Crippen molar-refractivity contribution in [3.63, 3.8) is 0 Å². The Morgan fingerprint density at radius 2 is 2.36 bits per heavy atom. The van der Waals surface area contributed by atoms with Gasteiger partial charge in [0.2, 0.25) is 5.91 Å². The highest BCUT2D eigenvalue weighted by Gasteiger charge is 2.21. The quantitative estimate of drug-likeness (QED) is 0.629. The molecule has 1 saturated heterocycles. The minimum atomic E-state index is 0.155. The van der Waals surface area contributed by atoms with Crippen LogP contribution in [-0.4, -0.2) is 36.6 Å². The molecule has 1 rings (SSSR count). The molecule has 0 aromatic carbocycles. The summed E-state index contributed by atoms with van der Waals surface area (Å²) in [6.07, 6.45) is 3.06. The highest BCUT2D eigenvalue weighted by Crippen LogP contribution is 2.09. The van der Waals surface area contributed by atoms with Gasteiger partial charge in [-0.05, 0) is 20.3 Å². The number of carbonyl (C=O) groups excluding carboxylic acids is 1. The zero-order valence-corrected chi connectivity index (χ0v) is 9.25. The fraction of sp³-hybridized carbons (Fsp3) is 0.727. The van der Waals surface area contributed by atoms with E-state index >= 15 is 0 Å². The van der Waals surface area contributed by atoms with E-state index in [9.17, 15) is 4.79 Å². The number of hydrogen-bond acceptors (Lipinski definition) is 2. The summed E-state index contributed by atoms with van der Waals surface area (Å²) in [6.45, 7) is 8.01. The van der Waals surface area contributed by atoms with Crippen molar-refractivity contribution in [1.82, 2.24) is 4.90 Å². The van der Waals surface area contributed by atoms with Crippen LogP contribution in [0.15, 0.2) is 11.6 Å². The first-order valence-corrected chi connectivity index (χ1v) is 5.22. The Morgan fingerprint density at radius 1 is 1.64 bits per heavy atom. The van der Waals surface area contributed by atoms with Crippen molar-refractivity contribution in [3.8, 4) is 0 Å². The maximum absolute atomic E-state index is 11.8. The fourth-order valence-electron chi connectivity index (χ4n) is 1.65. The van der Waals surface area contributed by atoms with Crippen LogP contribution >= 0.6 is 0 Å². The predicted molar refractivity (Wildman–Crippen MR) is 56.0 cm³/mol. The molecule has 1 aliphatic rings. The second-order valence-corrected chi connectivity index (χ2v) is 3.73. The fourth-order valence-corrected chi connectivity index (χ4v) is 1.65. The number of allylic oxidation sites excluding steroid dienone is 1. The van der Waals surface area contributed by atoms with E-state index < -0.39 is 0 Å². The zero-order valence-electron chi connectivity index (χ0n) is 9.25. The molecule has 14 heavy (non-hydrogen) atoms. The van der Waals surface area contributed by atoms with Crippen molar-refractivity contribution in [2.24, 2.45) is 0 Å². The van der Waals surface area contributed by atoms with Gasteiger partial charge in [0.15, 0.2) is 0 Å². The molecule has 80 valence electrons. The summed E-state index contributed by atoms with van der Waals surface area (Å²) in [5.41, 5.74) is 0.849. The van der Waals surface area contributed by atoms with Gasteiger partial charge in [0.05, 0.1) is 12.7 Å². The largest absolute Gasteiger partial charge is 0.375 e. The molecule has 1 aliphatic heterocycles. The maximum Gasteiger partial charge on any atom is 0.249 e. The van der Waals surface area contributed by atoms with Gasteiger partial charge in [-0.1, -0.05) is 13.0 Å². The van der Waals surface area contributed by atoms with E-state index in [4.69, 9.17) is 4.74 Å². The Morgan fingerprint density at radius 3 is 2.93 bits per heavy atom. The SMILES string of the molecule is CC/C=C(\C)C(=O)N1CCOC(C)C1. The summed E-state index contributed by atoms with van der Waals surface area (Å²) in [7, 11) is 0. The van der Waals surface area contributed by atoms with Gasteiger partial charge in [0.25, 0.3) is 0 Å². The summed E-state index contributed by atoms with van der Waals surface area (Å²) in [5.74, 6) is 0.155. The third-order valence-corrected chi connectivity index (χ3v) is 2.38. The average Bonchev–Trinajstić information content (AvgIpc) is 2.17. The van der Waals surface area contributed by atoms with Crippen LogP contribution in [0.2, 0.25) is 0 Å². The lowest BCUT2D eigenvalue weighted by molar-refractivity contribution is -0.133. The minimum absolute atomic E-state index is 0.155. The normalized spacial score (nSPS) is 23.8. The van der Waals surface area contributed by atoms with E-state index in [1.165, 1.54) is 0 Å². The molecule has 0 aromatic rings. The average molecular weight is 197 g/mol. The summed E-state index contributed by atoms with van der Waals surface area (Å²) in [4.78, 5) is 13.7. The van der Waals surface area contributed by atoms with E-state index in [0.717, 1.165) is 18.5 Å². The smallest absolute Gasteiger partial charge is 0.249 e. The van der Waals surface area contributed by atoms with Crippen molar-refractivity contribution in [2.45, 2.75) is 33.3 Å². The Kier molecular flexibility index (Phi) is 4.14. The molecule has 0 spiro atoms. The third-order valence-electron chi connectivity index (χ3n) is 2.38. The van der Waals surface area contributed by atoms with Gasteiger partial charge in [0, 0.05) is 18.7 Å². The molecular weight excluding hydrogens is 178 g/mol. The Balaban J connectivity index is 2.55. The molecule has 3 nitrogen and oxygen atoms in total. The van der Waals surface area contributed by atoms with Crippen LogP contribution in [0, 0.1) is 0 Å². The highest BCUT2D eigenvalue weighted by atomic mass is 16.5. The van der Waals surface area contributed by atoms with Crippen molar-refractivity contribution in [1.29, 1.82) is 0 Å². The second-order valence-electron chi connectivity index (χ2n) is 3.73. The molecule has 1 heterocycles. The zero-order chi connectivity index (χ0) is 10.6. The van der Waals surface area contributed by atoms with E-state index in [1.807, 2.05) is 31.7 Å². The number of amides is 1. The van der Waals surface area contributed by atoms with Crippen molar-refractivity contribution in [3.05, 3.63) is 11.6 Å². The second kappa shape index (κ2) is 5.15. The topological polar surface area (TPSA) is 29.5 Å². The monoisotopic (exact) mass is 197 g/mol. The molecule has 0 N–H and O–H groups in total. The van der Waals surface area contributed by atoms with Crippen LogP contribution in [0.25, 0.3) is 0 Å². The highest BCUT2D eigenvalue weighted by molar-refractivity contribution is 5.92.